The Balaban J connectivity index is 2.20. The van der Waals surface area contributed by atoms with Gasteiger partial charge in [-0.3, -0.25) is 0 Å². The molecule has 0 spiro atoms. The fourth-order valence-corrected chi connectivity index (χ4v) is 3.28. The molecule has 0 radical (unpaired) electrons. The van der Waals surface area contributed by atoms with Gasteiger partial charge in [0.15, 0.2) is 0 Å². The Bertz CT molecular complexity index is 387. The SMILES string of the molecule is Cc1ccc(C)c(C(C)(N)CC2CCCC2)c1. The molecule has 1 atom stereocenters. The summed E-state index contributed by atoms with van der Waals surface area (Å²) < 4.78 is 0. The summed E-state index contributed by atoms with van der Waals surface area (Å²) in [7, 11) is 0. The molecule has 1 saturated carbocycles. The normalized spacial score (nSPS) is 20.5. The molecule has 94 valence electrons. The average Bonchev–Trinajstić information content (AvgIpc) is 2.73. The molecular weight excluding hydrogens is 206 g/mol. The molecule has 0 saturated heterocycles. The predicted molar refractivity (Wildman–Crippen MR) is 74.0 cm³/mol. The lowest BCUT2D eigenvalue weighted by molar-refractivity contribution is 0.348. The minimum absolute atomic E-state index is 0.162. The molecule has 1 aliphatic carbocycles. The quantitative estimate of drug-likeness (QED) is 0.834. The minimum Gasteiger partial charge on any atom is -0.322 e. The summed E-state index contributed by atoms with van der Waals surface area (Å²) in [6, 6.07) is 6.64. The average molecular weight is 231 g/mol. The van der Waals surface area contributed by atoms with Crippen LogP contribution in [0.15, 0.2) is 18.2 Å². The van der Waals surface area contributed by atoms with Gasteiger partial charge >= 0.3 is 0 Å². The summed E-state index contributed by atoms with van der Waals surface area (Å²) in [4.78, 5) is 0. The first kappa shape index (κ1) is 12.6. The van der Waals surface area contributed by atoms with E-state index < -0.39 is 0 Å². The standard InChI is InChI=1S/C16H25N/c1-12-8-9-13(2)15(10-12)16(3,17)11-14-6-4-5-7-14/h8-10,14H,4-7,11,17H2,1-3H3. The van der Waals surface area contributed by atoms with Crippen LogP contribution in [0.3, 0.4) is 0 Å². The number of hydrogen-bond donors (Lipinski definition) is 1. The third-order valence-electron chi connectivity index (χ3n) is 4.20. The zero-order valence-electron chi connectivity index (χ0n) is 11.4. The lowest BCUT2D eigenvalue weighted by Crippen LogP contribution is -2.35. The van der Waals surface area contributed by atoms with Crippen molar-refractivity contribution < 1.29 is 0 Å². The van der Waals surface area contributed by atoms with Gasteiger partial charge in [0, 0.05) is 5.54 Å². The molecule has 1 unspecified atom stereocenters. The van der Waals surface area contributed by atoms with Crippen molar-refractivity contribution in [2.75, 3.05) is 0 Å². The molecule has 1 heteroatoms. The molecule has 1 nitrogen and oxygen atoms in total. The van der Waals surface area contributed by atoms with E-state index in [9.17, 15) is 0 Å². The Kier molecular flexibility index (Phi) is 3.58. The monoisotopic (exact) mass is 231 g/mol. The van der Waals surface area contributed by atoms with E-state index in [1.165, 1.54) is 42.4 Å². The first-order valence-corrected chi connectivity index (χ1v) is 6.86. The Morgan fingerprint density at radius 2 is 1.88 bits per heavy atom. The van der Waals surface area contributed by atoms with Gasteiger partial charge < -0.3 is 5.73 Å². The molecule has 1 aliphatic rings. The zero-order valence-corrected chi connectivity index (χ0v) is 11.4. The highest BCUT2D eigenvalue weighted by molar-refractivity contribution is 5.35. The van der Waals surface area contributed by atoms with E-state index in [4.69, 9.17) is 5.73 Å². The second-order valence-corrected chi connectivity index (χ2v) is 6.09. The highest BCUT2D eigenvalue weighted by Gasteiger charge is 2.28. The smallest absolute Gasteiger partial charge is 0.0386 e. The van der Waals surface area contributed by atoms with Crippen molar-refractivity contribution in [3.8, 4) is 0 Å². The first-order chi connectivity index (χ1) is 7.99. The summed E-state index contributed by atoms with van der Waals surface area (Å²) in [5.41, 5.74) is 10.4. The lowest BCUT2D eigenvalue weighted by atomic mass is 9.81. The fraction of sp³-hybridized carbons (Fsp3) is 0.625. The van der Waals surface area contributed by atoms with Gasteiger partial charge in [0.05, 0.1) is 0 Å². The molecule has 0 heterocycles. The third-order valence-corrected chi connectivity index (χ3v) is 4.20. The molecule has 1 fully saturated rings. The number of nitrogens with two attached hydrogens (primary N) is 1. The number of benzene rings is 1. The van der Waals surface area contributed by atoms with Crippen LogP contribution < -0.4 is 5.73 Å². The predicted octanol–water partition coefficient (Wildman–Crippen LogP) is 4.06. The van der Waals surface area contributed by atoms with Crippen molar-refractivity contribution in [1.82, 2.24) is 0 Å². The second-order valence-electron chi connectivity index (χ2n) is 6.09. The van der Waals surface area contributed by atoms with Gasteiger partial charge in [0.25, 0.3) is 0 Å². The van der Waals surface area contributed by atoms with Crippen LogP contribution in [-0.4, -0.2) is 0 Å². The van der Waals surface area contributed by atoms with Crippen LogP contribution in [0.1, 0.15) is 55.7 Å². The second kappa shape index (κ2) is 4.81. The summed E-state index contributed by atoms with van der Waals surface area (Å²) >= 11 is 0. The van der Waals surface area contributed by atoms with Crippen molar-refractivity contribution in [2.24, 2.45) is 11.7 Å². The first-order valence-electron chi connectivity index (χ1n) is 6.86. The highest BCUT2D eigenvalue weighted by atomic mass is 14.7. The van der Waals surface area contributed by atoms with Crippen LogP contribution in [0, 0.1) is 19.8 Å². The minimum atomic E-state index is -0.162. The summed E-state index contributed by atoms with van der Waals surface area (Å²) in [6.45, 7) is 6.52. The van der Waals surface area contributed by atoms with E-state index in [1.54, 1.807) is 0 Å². The maximum atomic E-state index is 6.59. The van der Waals surface area contributed by atoms with Crippen molar-refractivity contribution >= 4 is 0 Å². The largest absolute Gasteiger partial charge is 0.322 e. The molecule has 17 heavy (non-hydrogen) atoms. The van der Waals surface area contributed by atoms with Crippen molar-refractivity contribution in [3.05, 3.63) is 34.9 Å². The van der Waals surface area contributed by atoms with Crippen LogP contribution >= 0.6 is 0 Å². The maximum Gasteiger partial charge on any atom is 0.0386 e. The maximum absolute atomic E-state index is 6.59. The molecular formula is C16H25N. The van der Waals surface area contributed by atoms with E-state index in [2.05, 4.69) is 39.0 Å². The molecule has 0 aromatic heterocycles. The molecule has 1 aromatic carbocycles. The molecule has 2 N–H and O–H groups in total. The third kappa shape index (κ3) is 2.90. The van der Waals surface area contributed by atoms with E-state index in [0.29, 0.717) is 0 Å². The summed E-state index contributed by atoms with van der Waals surface area (Å²) in [5, 5.41) is 0. The van der Waals surface area contributed by atoms with Gasteiger partial charge in [-0.1, -0.05) is 49.4 Å². The van der Waals surface area contributed by atoms with Gasteiger partial charge in [-0.25, -0.2) is 0 Å². The van der Waals surface area contributed by atoms with Gasteiger partial charge in [-0.2, -0.15) is 0 Å². The van der Waals surface area contributed by atoms with E-state index in [-0.39, 0.29) is 5.54 Å². The Labute approximate surface area is 105 Å². The number of aryl methyl sites for hydroxylation is 2. The zero-order chi connectivity index (χ0) is 12.5. The number of hydrogen-bond acceptors (Lipinski definition) is 1. The van der Waals surface area contributed by atoms with Gasteiger partial charge in [0.1, 0.15) is 0 Å². The molecule has 2 rings (SSSR count). The topological polar surface area (TPSA) is 26.0 Å². The Morgan fingerprint density at radius 3 is 2.53 bits per heavy atom. The van der Waals surface area contributed by atoms with E-state index in [0.717, 1.165) is 12.3 Å². The van der Waals surface area contributed by atoms with Gasteiger partial charge in [-0.15, -0.1) is 0 Å². The molecule has 1 aromatic rings. The van der Waals surface area contributed by atoms with E-state index >= 15 is 0 Å². The Morgan fingerprint density at radius 1 is 1.24 bits per heavy atom. The van der Waals surface area contributed by atoms with Crippen LogP contribution in [0.25, 0.3) is 0 Å². The molecule has 0 bridgehead atoms. The van der Waals surface area contributed by atoms with Crippen LogP contribution in [0.5, 0.6) is 0 Å². The van der Waals surface area contributed by atoms with Crippen LogP contribution in [0.4, 0.5) is 0 Å². The van der Waals surface area contributed by atoms with Crippen LogP contribution in [-0.2, 0) is 5.54 Å². The van der Waals surface area contributed by atoms with E-state index in [1.807, 2.05) is 0 Å². The van der Waals surface area contributed by atoms with Gasteiger partial charge in [-0.05, 0) is 44.2 Å². The summed E-state index contributed by atoms with van der Waals surface area (Å²) in [6.07, 6.45) is 6.67. The Hall–Kier alpha value is -0.820. The van der Waals surface area contributed by atoms with Crippen molar-refractivity contribution in [2.45, 2.75) is 58.4 Å². The van der Waals surface area contributed by atoms with Crippen molar-refractivity contribution in [1.29, 1.82) is 0 Å². The lowest BCUT2D eigenvalue weighted by Gasteiger charge is -2.30. The highest BCUT2D eigenvalue weighted by Crippen LogP contribution is 2.36. The van der Waals surface area contributed by atoms with Crippen molar-refractivity contribution in [3.63, 3.8) is 0 Å². The summed E-state index contributed by atoms with van der Waals surface area (Å²) in [5.74, 6) is 0.838. The number of rotatable bonds is 3. The fourth-order valence-electron chi connectivity index (χ4n) is 3.28. The van der Waals surface area contributed by atoms with Gasteiger partial charge in [0.2, 0.25) is 0 Å². The van der Waals surface area contributed by atoms with Crippen LogP contribution in [0.2, 0.25) is 0 Å². The molecule has 0 aliphatic heterocycles. The molecule has 0 amide bonds.